The number of amides is 2. The first-order chi connectivity index (χ1) is 12.9. The highest BCUT2D eigenvalue weighted by atomic mass is 32.2. The van der Waals surface area contributed by atoms with Crippen molar-refractivity contribution in [3.05, 3.63) is 54.1 Å². The van der Waals surface area contributed by atoms with Crippen molar-refractivity contribution in [3.63, 3.8) is 0 Å². The van der Waals surface area contributed by atoms with Gasteiger partial charge >= 0.3 is 5.97 Å². The molecule has 8 heteroatoms. The van der Waals surface area contributed by atoms with Gasteiger partial charge in [-0.3, -0.25) is 13.8 Å². The molecule has 1 atom stereocenters. The van der Waals surface area contributed by atoms with Gasteiger partial charge in [0.15, 0.2) is 6.61 Å². The summed E-state index contributed by atoms with van der Waals surface area (Å²) in [5.41, 5.74) is 1.29. The smallest absolute Gasteiger partial charge is 0.339 e. The van der Waals surface area contributed by atoms with E-state index < -0.39 is 29.3 Å². The van der Waals surface area contributed by atoms with E-state index in [1.807, 2.05) is 0 Å². The van der Waals surface area contributed by atoms with Crippen LogP contribution in [0.2, 0.25) is 0 Å². The molecule has 0 saturated carbocycles. The molecular weight excluding hydrogens is 368 g/mol. The molecule has 0 aliphatic heterocycles. The van der Waals surface area contributed by atoms with E-state index >= 15 is 0 Å². The Morgan fingerprint density at radius 3 is 2.15 bits per heavy atom. The molecule has 2 rings (SSSR count). The molecule has 2 amide bonds. The minimum absolute atomic E-state index is 0.185. The van der Waals surface area contributed by atoms with Crippen LogP contribution in [0.15, 0.2) is 53.4 Å². The molecule has 0 aromatic heterocycles. The van der Waals surface area contributed by atoms with E-state index in [-0.39, 0.29) is 11.5 Å². The van der Waals surface area contributed by atoms with Crippen LogP contribution in [0.5, 0.6) is 0 Å². The van der Waals surface area contributed by atoms with Gasteiger partial charge in [0.2, 0.25) is 5.91 Å². The SMILES string of the molecule is CC[S@](=O)c1ccccc1C(=O)OCC(=O)Nc1ccc(NC(C)=O)cc1. The summed E-state index contributed by atoms with van der Waals surface area (Å²) < 4.78 is 17.0. The number of esters is 1. The van der Waals surface area contributed by atoms with Crippen molar-refractivity contribution >= 4 is 40.0 Å². The molecule has 0 fully saturated rings. The van der Waals surface area contributed by atoms with Crippen LogP contribution in [0.1, 0.15) is 24.2 Å². The average molecular weight is 388 g/mol. The van der Waals surface area contributed by atoms with Crippen LogP contribution in [-0.4, -0.2) is 34.4 Å². The van der Waals surface area contributed by atoms with Crippen LogP contribution < -0.4 is 10.6 Å². The number of rotatable bonds is 7. The van der Waals surface area contributed by atoms with Crippen molar-refractivity contribution < 1.29 is 23.3 Å². The fourth-order valence-electron chi connectivity index (χ4n) is 2.24. The van der Waals surface area contributed by atoms with E-state index in [1.54, 1.807) is 49.4 Å². The summed E-state index contributed by atoms with van der Waals surface area (Å²) in [6.45, 7) is 2.68. The third-order valence-corrected chi connectivity index (χ3v) is 4.81. The number of hydrogen-bond donors (Lipinski definition) is 2. The first kappa shape index (κ1) is 20.3. The van der Waals surface area contributed by atoms with Crippen LogP contribution in [0.4, 0.5) is 11.4 Å². The first-order valence-corrected chi connectivity index (χ1v) is 9.54. The molecule has 142 valence electrons. The summed E-state index contributed by atoms with van der Waals surface area (Å²) in [6.07, 6.45) is 0. The molecule has 2 aromatic rings. The van der Waals surface area contributed by atoms with Gasteiger partial charge in [0.05, 0.1) is 21.3 Å². The summed E-state index contributed by atoms with van der Waals surface area (Å²) in [6, 6.07) is 13.0. The number of benzene rings is 2. The highest BCUT2D eigenvalue weighted by Crippen LogP contribution is 2.16. The number of carbonyl (C=O) groups is 3. The molecule has 0 radical (unpaired) electrons. The summed E-state index contributed by atoms with van der Waals surface area (Å²) in [7, 11) is -1.31. The lowest BCUT2D eigenvalue weighted by Crippen LogP contribution is -2.21. The maximum atomic E-state index is 12.2. The molecule has 0 aliphatic rings. The first-order valence-electron chi connectivity index (χ1n) is 8.22. The third kappa shape index (κ3) is 6.03. The zero-order valence-corrected chi connectivity index (χ0v) is 15.8. The summed E-state index contributed by atoms with van der Waals surface area (Å²) in [5, 5.41) is 5.21. The summed E-state index contributed by atoms with van der Waals surface area (Å²) in [5.74, 6) is -1.03. The van der Waals surface area contributed by atoms with E-state index in [9.17, 15) is 18.6 Å². The molecule has 0 spiro atoms. The molecule has 27 heavy (non-hydrogen) atoms. The molecule has 7 nitrogen and oxygen atoms in total. The van der Waals surface area contributed by atoms with Crippen molar-refractivity contribution in [3.8, 4) is 0 Å². The average Bonchev–Trinajstić information content (AvgIpc) is 2.66. The fraction of sp³-hybridized carbons (Fsp3) is 0.211. The van der Waals surface area contributed by atoms with Gasteiger partial charge in [0.1, 0.15) is 0 Å². The number of ether oxygens (including phenoxy) is 1. The summed E-state index contributed by atoms with van der Waals surface area (Å²) >= 11 is 0. The molecule has 0 aliphatic carbocycles. The number of carbonyl (C=O) groups excluding carboxylic acids is 3. The standard InChI is InChI=1S/C19H20N2O5S/c1-3-27(25)17-7-5-4-6-16(17)19(24)26-12-18(23)21-15-10-8-14(9-11-15)20-13(2)22/h4-11H,3,12H2,1-2H3,(H,20,22)(H,21,23)/t27-/m0/s1. The Hall–Kier alpha value is -3.00. The van der Waals surface area contributed by atoms with E-state index in [2.05, 4.69) is 10.6 Å². The predicted molar refractivity (Wildman–Crippen MR) is 103 cm³/mol. The molecular formula is C19H20N2O5S. The van der Waals surface area contributed by atoms with Gasteiger partial charge in [-0.1, -0.05) is 19.1 Å². The third-order valence-electron chi connectivity index (χ3n) is 3.44. The van der Waals surface area contributed by atoms with Gasteiger partial charge < -0.3 is 15.4 Å². The van der Waals surface area contributed by atoms with E-state index in [0.29, 0.717) is 22.0 Å². The topological polar surface area (TPSA) is 102 Å². The number of nitrogens with one attached hydrogen (secondary N) is 2. The van der Waals surface area contributed by atoms with Crippen LogP contribution in [0, 0.1) is 0 Å². The highest BCUT2D eigenvalue weighted by Gasteiger charge is 2.17. The van der Waals surface area contributed by atoms with Gasteiger partial charge in [-0.2, -0.15) is 0 Å². The molecule has 2 N–H and O–H groups in total. The molecule has 0 saturated heterocycles. The van der Waals surface area contributed by atoms with Crippen LogP contribution in [0.25, 0.3) is 0 Å². The largest absolute Gasteiger partial charge is 0.452 e. The van der Waals surface area contributed by atoms with Gasteiger partial charge in [-0.25, -0.2) is 4.79 Å². The normalized spacial score (nSPS) is 11.3. The van der Waals surface area contributed by atoms with Gasteiger partial charge in [-0.05, 0) is 36.4 Å². The van der Waals surface area contributed by atoms with Crippen LogP contribution in [0.3, 0.4) is 0 Å². The quantitative estimate of drug-likeness (QED) is 0.710. The zero-order chi connectivity index (χ0) is 19.8. The summed E-state index contributed by atoms with van der Waals surface area (Å²) in [4.78, 5) is 35.5. The Bertz CT molecular complexity index is 865. The number of anilines is 2. The molecule has 2 aromatic carbocycles. The van der Waals surface area contributed by atoms with Crippen molar-refractivity contribution in [1.29, 1.82) is 0 Å². The van der Waals surface area contributed by atoms with Crippen molar-refractivity contribution in [2.75, 3.05) is 23.0 Å². The van der Waals surface area contributed by atoms with E-state index in [1.165, 1.54) is 13.0 Å². The maximum Gasteiger partial charge on any atom is 0.339 e. The van der Waals surface area contributed by atoms with Crippen molar-refractivity contribution in [2.24, 2.45) is 0 Å². The van der Waals surface area contributed by atoms with Gasteiger partial charge in [-0.15, -0.1) is 0 Å². The highest BCUT2D eigenvalue weighted by molar-refractivity contribution is 7.85. The molecule has 0 bridgehead atoms. The monoisotopic (exact) mass is 388 g/mol. The molecule has 0 heterocycles. The maximum absolute atomic E-state index is 12.2. The van der Waals surface area contributed by atoms with E-state index in [4.69, 9.17) is 4.74 Å². The Morgan fingerprint density at radius 1 is 0.963 bits per heavy atom. The lowest BCUT2D eigenvalue weighted by Gasteiger charge is -2.10. The Labute approximate surface area is 159 Å². The van der Waals surface area contributed by atoms with Gasteiger partial charge in [0, 0.05) is 24.1 Å². The molecule has 0 unspecified atom stereocenters. The van der Waals surface area contributed by atoms with Gasteiger partial charge in [0.25, 0.3) is 5.91 Å². The lowest BCUT2D eigenvalue weighted by atomic mass is 10.2. The van der Waals surface area contributed by atoms with Crippen molar-refractivity contribution in [1.82, 2.24) is 0 Å². The van der Waals surface area contributed by atoms with Crippen molar-refractivity contribution in [2.45, 2.75) is 18.7 Å². The lowest BCUT2D eigenvalue weighted by molar-refractivity contribution is -0.119. The Kier molecular flexibility index (Phi) is 7.25. The second kappa shape index (κ2) is 9.63. The van der Waals surface area contributed by atoms with Crippen LogP contribution in [-0.2, 0) is 25.1 Å². The fourth-order valence-corrected chi connectivity index (χ4v) is 3.17. The second-order valence-electron chi connectivity index (χ2n) is 5.51. The number of hydrogen-bond acceptors (Lipinski definition) is 5. The van der Waals surface area contributed by atoms with Crippen LogP contribution >= 0.6 is 0 Å². The predicted octanol–water partition coefficient (Wildman–Crippen LogP) is 2.57. The minimum atomic E-state index is -1.31. The minimum Gasteiger partial charge on any atom is -0.452 e. The van der Waals surface area contributed by atoms with E-state index in [0.717, 1.165) is 0 Å². The Morgan fingerprint density at radius 2 is 1.56 bits per heavy atom. The Balaban J connectivity index is 1.93. The second-order valence-corrected chi connectivity index (χ2v) is 7.22. The zero-order valence-electron chi connectivity index (χ0n) is 15.0.